The summed E-state index contributed by atoms with van der Waals surface area (Å²) < 4.78 is 15.7. The van der Waals surface area contributed by atoms with Crippen LogP contribution < -0.4 is 5.32 Å². The molecule has 0 aromatic carbocycles. The quantitative estimate of drug-likeness (QED) is 0.537. The molecule has 106 valence electrons. The van der Waals surface area contributed by atoms with E-state index >= 15 is 0 Å². The summed E-state index contributed by atoms with van der Waals surface area (Å²) >= 11 is 0. The molecule has 2 fully saturated rings. The summed E-state index contributed by atoms with van der Waals surface area (Å²) in [6, 6.07) is 0. The molecule has 0 atom stereocenters. The van der Waals surface area contributed by atoms with Gasteiger partial charge in [0.05, 0.1) is 33.0 Å². The van der Waals surface area contributed by atoms with E-state index < -0.39 is 0 Å². The summed E-state index contributed by atoms with van der Waals surface area (Å²) in [5, 5.41) is 3.53. The predicted molar refractivity (Wildman–Crippen MR) is 70.8 cm³/mol. The van der Waals surface area contributed by atoms with Crippen molar-refractivity contribution in [3.63, 3.8) is 0 Å². The molecule has 0 heterocycles. The van der Waals surface area contributed by atoms with Crippen LogP contribution in [0.25, 0.3) is 0 Å². The van der Waals surface area contributed by atoms with E-state index in [0.29, 0.717) is 31.8 Å². The molecule has 2 saturated carbocycles. The molecule has 0 saturated heterocycles. The number of ether oxygens (including phenoxy) is 3. The van der Waals surface area contributed by atoms with Gasteiger partial charge in [0.1, 0.15) is 0 Å². The first-order chi connectivity index (χ1) is 8.87. The summed E-state index contributed by atoms with van der Waals surface area (Å²) in [7, 11) is 1.68. The van der Waals surface area contributed by atoms with E-state index in [1.165, 1.54) is 32.2 Å². The van der Waals surface area contributed by atoms with Crippen molar-refractivity contribution in [3.05, 3.63) is 0 Å². The average molecular weight is 257 g/mol. The van der Waals surface area contributed by atoms with Gasteiger partial charge in [-0.05, 0) is 37.0 Å². The van der Waals surface area contributed by atoms with E-state index in [4.69, 9.17) is 14.2 Å². The number of hydrogen-bond donors (Lipinski definition) is 1. The van der Waals surface area contributed by atoms with Gasteiger partial charge in [-0.3, -0.25) is 0 Å². The average Bonchev–Trinajstić information content (AvgIpc) is 3.24. The predicted octanol–water partition coefficient (Wildman–Crippen LogP) is 1.45. The molecule has 0 unspecified atom stereocenters. The molecule has 0 spiro atoms. The standard InChI is InChI=1S/C14H27NO3/c1-16-8-9-18-11-10-17-7-6-15-12-14(4-5-14)13-2-3-13/h13,15H,2-12H2,1H3. The van der Waals surface area contributed by atoms with Gasteiger partial charge < -0.3 is 19.5 Å². The van der Waals surface area contributed by atoms with Crippen LogP contribution in [0.5, 0.6) is 0 Å². The van der Waals surface area contributed by atoms with Crippen molar-refractivity contribution in [1.29, 1.82) is 0 Å². The fourth-order valence-electron chi connectivity index (χ4n) is 2.53. The van der Waals surface area contributed by atoms with Gasteiger partial charge in [-0.25, -0.2) is 0 Å². The first-order valence-electron chi connectivity index (χ1n) is 7.22. The van der Waals surface area contributed by atoms with Gasteiger partial charge >= 0.3 is 0 Å². The topological polar surface area (TPSA) is 39.7 Å². The maximum Gasteiger partial charge on any atom is 0.0701 e. The molecule has 1 N–H and O–H groups in total. The van der Waals surface area contributed by atoms with Crippen LogP contribution in [0.4, 0.5) is 0 Å². The van der Waals surface area contributed by atoms with Gasteiger partial charge in [0.2, 0.25) is 0 Å². The minimum Gasteiger partial charge on any atom is -0.382 e. The second-order valence-corrected chi connectivity index (χ2v) is 5.53. The first kappa shape index (κ1) is 14.3. The maximum absolute atomic E-state index is 5.50. The number of hydrogen-bond acceptors (Lipinski definition) is 4. The van der Waals surface area contributed by atoms with Gasteiger partial charge in [0.15, 0.2) is 0 Å². The molecule has 2 rings (SSSR count). The zero-order chi connectivity index (χ0) is 12.7. The van der Waals surface area contributed by atoms with Crippen LogP contribution in [0, 0.1) is 11.3 Å². The van der Waals surface area contributed by atoms with Crippen LogP contribution >= 0.6 is 0 Å². The fraction of sp³-hybridized carbons (Fsp3) is 1.00. The highest BCUT2D eigenvalue weighted by atomic mass is 16.5. The van der Waals surface area contributed by atoms with Crippen molar-refractivity contribution in [2.75, 3.05) is 53.2 Å². The summed E-state index contributed by atoms with van der Waals surface area (Å²) in [5.74, 6) is 1.04. The molecule has 2 aliphatic carbocycles. The third kappa shape index (κ3) is 4.84. The molecule has 0 aromatic heterocycles. The third-order valence-electron chi connectivity index (χ3n) is 4.04. The second-order valence-electron chi connectivity index (χ2n) is 5.53. The smallest absolute Gasteiger partial charge is 0.0701 e. The van der Waals surface area contributed by atoms with Crippen LogP contribution in [0.15, 0.2) is 0 Å². The highest BCUT2D eigenvalue weighted by Gasteiger charge is 2.52. The Morgan fingerprint density at radius 3 is 2.28 bits per heavy atom. The Labute approximate surface area is 110 Å². The van der Waals surface area contributed by atoms with Crippen molar-refractivity contribution >= 4 is 0 Å². The van der Waals surface area contributed by atoms with Crippen LogP contribution in [0.1, 0.15) is 25.7 Å². The summed E-state index contributed by atoms with van der Waals surface area (Å²) in [6.45, 7) is 5.60. The molecule has 0 aromatic rings. The zero-order valence-electron chi connectivity index (χ0n) is 11.6. The molecule has 4 nitrogen and oxygen atoms in total. The molecular weight excluding hydrogens is 230 g/mol. The minimum absolute atomic E-state index is 0.655. The van der Waals surface area contributed by atoms with Crippen molar-refractivity contribution in [3.8, 4) is 0 Å². The summed E-state index contributed by atoms with van der Waals surface area (Å²) in [6.07, 6.45) is 5.83. The molecule has 0 aliphatic heterocycles. The van der Waals surface area contributed by atoms with Gasteiger partial charge in [-0.15, -0.1) is 0 Å². The molecule has 4 heteroatoms. The Bertz CT molecular complexity index is 227. The Morgan fingerprint density at radius 2 is 1.67 bits per heavy atom. The molecule has 18 heavy (non-hydrogen) atoms. The molecule has 0 radical (unpaired) electrons. The normalized spacial score (nSPS) is 21.2. The third-order valence-corrected chi connectivity index (χ3v) is 4.04. The molecule has 0 bridgehead atoms. The lowest BCUT2D eigenvalue weighted by Crippen LogP contribution is -2.28. The minimum atomic E-state index is 0.655. The lowest BCUT2D eigenvalue weighted by molar-refractivity contribution is 0.0254. The Kier molecular flexibility index (Phi) is 5.89. The first-order valence-corrected chi connectivity index (χ1v) is 7.22. The van der Waals surface area contributed by atoms with Crippen LogP contribution in [-0.2, 0) is 14.2 Å². The summed E-state index contributed by atoms with van der Waals surface area (Å²) in [5.41, 5.74) is 0.698. The van der Waals surface area contributed by atoms with E-state index in [1.807, 2.05) is 0 Å². The van der Waals surface area contributed by atoms with Crippen LogP contribution in [-0.4, -0.2) is 53.2 Å². The van der Waals surface area contributed by atoms with E-state index in [-0.39, 0.29) is 0 Å². The molecular formula is C14H27NO3. The summed E-state index contributed by atoms with van der Waals surface area (Å²) in [4.78, 5) is 0. The van der Waals surface area contributed by atoms with Crippen LogP contribution in [0.2, 0.25) is 0 Å². The lowest BCUT2D eigenvalue weighted by Gasteiger charge is -2.14. The highest BCUT2D eigenvalue weighted by molar-refractivity contribution is 5.04. The van der Waals surface area contributed by atoms with E-state index in [9.17, 15) is 0 Å². The monoisotopic (exact) mass is 257 g/mol. The Balaban J connectivity index is 1.32. The largest absolute Gasteiger partial charge is 0.382 e. The van der Waals surface area contributed by atoms with Gasteiger partial charge in [0, 0.05) is 20.2 Å². The zero-order valence-corrected chi connectivity index (χ0v) is 11.6. The van der Waals surface area contributed by atoms with Crippen molar-refractivity contribution in [2.24, 2.45) is 11.3 Å². The van der Waals surface area contributed by atoms with Crippen LogP contribution in [0.3, 0.4) is 0 Å². The number of methoxy groups -OCH3 is 1. The Morgan fingerprint density at radius 1 is 1.00 bits per heavy atom. The second kappa shape index (κ2) is 7.43. The number of rotatable bonds is 12. The van der Waals surface area contributed by atoms with Crippen molar-refractivity contribution in [2.45, 2.75) is 25.7 Å². The molecule has 0 amide bonds. The van der Waals surface area contributed by atoms with E-state index in [1.54, 1.807) is 7.11 Å². The Hall–Kier alpha value is -0.160. The van der Waals surface area contributed by atoms with Crippen molar-refractivity contribution in [1.82, 2.24) is 5.32 Å². The van der Waals surface area contributed by atoms with Gasteiger partial charge in [0.25, 0.3) is 0 Å². The van der Waals surface area contributed by atoms with E-state index in [0.717, 1.165) is 19.1 Å². The fourth-order valence-corrected chi connectivity index (χ4v) is 2.53. The number of nitrogens with one attached hydrogen (secondary N) is 1. The lowest BCUT2D eigenvalue weighted by atomic mass is 10.0. The van der Waals surface area contributed by atoms with E-state index in [2.05, 4.69) is 5.32 Å². The SMILES string of the molecule is COCCOCCOCCNCC1(C2CC2)CC1. The maximum atomic E-state index is 5.50. The highest BCUT2D eigenvalue weighted by Crippen LogP contribution is 2.60. The van der Waals surface area contributed by atoms with Crippen molar-refractivity contribution < 1.29 is 14.2 Å². The van der Waals surface area contributed by atoms with Gasteiger partial charge in [-0.2, -0.15) is 0 Å². The van der Waals surface area contributed by atoms with Gasteiger partial charge in [-0.1, -0.05) is 0 Å². The molecule has 2 aliphatic rings.